The van der Waals surface area contributed by atoms with E-state index >= 15 is 0 Å². The van der Waals surface area contributed by atoms with Gasteiger partial charge in [-0.3, -0.25) is 0 Å². The van der Waals surface area contributed by atoms with E-state index in [0.29, 0.717) is 0 Å². The van der Waals surface area contributed by atoms with Gasteiger partial charge >= 0.3 is 68.1 Å². The van der Waals surface area contributed by atoms with Crippen LogP contribution in [0.15, 0.2) is 19.5 Å². The maximum absolute atomic E-state index is 2.50. The van der Waals surface area contributed by atoms with Crippen molar-refractivity contribution in [3.05, 3.63) is 19.5 Å². The van der Waals surface area contributed by atoms with Gasteiger partial charge < -0.3 is 0 Å². The third-order valence-corrected chi connectivity index (χ3v) is 20.9. The van der Waals surface area contributed by atoms with Gasteiger partial charge in [-0.05, 0) is 0 Å². The van der Waals surface area contributed by atoms with Crippen LogP contribution in [0.2, 0.25) is 14.8 Å². The molecule has 0 saturated heterocycles. The van der Waals surface area contributed by atoms with Gasteiger partial charge in [-0.1, -0.05) is 0 Å². The third-order valence-electron chi connectivity index (χ3n) is 1.41. The molecule has 0 aromatic rings. The average molecular weight is 287 g/mol. The van der Waals surface area contributed by atoms with E-state index in [-0.39, 0.29) is 15.4 Å². The van der Waals surface area contributed by atoms with Gasteiger partial charge in [0.25, 0.3) is 0 Å². The van der Waals surface area contributed by atoms with Crippen LogP contribution in [0.4, 0.5) is 0 Å². The van der Waals surface area contributed by atoms with Crippen molar-refractivity contribution < 1.29 is 0 Å². The molecule has 0 saturated carbocycles. The molecule has 0 fully saturated rings. The standard InChI is InChI=1S/C4H3Ge.3CH3.Sn/c1-2-4-5-3-1;;;;/h1-3H;3*1H3;. The fourth-order valence-electron chi connectivity index (χ4n) is 0.797. The number of allylic oxidation sites excluding steroid dienone is 2. The summed E-state index contributed by atoms with van der Waals surface area (Å²) in [5.41, 5.74) is 0. The Kier molecular flexibility index (Phi) is 2.49. The van der Waals surface area contributed by atoms with Crippen molar-refractivity contribution in [2.75, 3.05) is 0 Å². The van der Waals surface area contributed by atoms with Crippen molar-refractivity contribution in [1.82, 2.24) is 0 Å². The SMILES string of the molecule is [CH3][Sn]([CH3])([CH3])[C]1=CC=[CH][Ge]1. The zero-order chi connectivity index (χ0) is 6.91. The third kappa shape index (κ3) is 2.15. The molecule has 0 spiro atoms. The fraction of sp³-hybridized carbons (Fsp3) is 0.429. The Bertz CT molecular complexity index is 162. The second-order valence-electron chi connectivity index (χ2n) is 3.33. The van der Waals surface area contributed by atoms with Gasteiger partial charge in [0.1, 0.15) is 0 Å². The molecule has 1 aliphatic rings. The van der Waals surface area contributed by atoms with E-state index < -0.39 is 18.4 Å². The number of hydrogen-bond acceptors (Lipinski definition) is 0. The zero-order valence-corrected chi connectivity index (χ0v) is 11.2. The average Bonchev–Trinajstić information content (AvgIpc) is 2.08. The molecular formula is C7H12GeSn. The van der Waals surface area contributed by atoms with Crippen LogP contribution in [-0.4, -0.2) is 33.8 Å². The van der Waals surface area contributed by atoms with Gasteiger partial charge in [-0.25, -0.2) is 0 Å². The van der Waals surface area contributed by atoms with Gasteiger partial charge in [0.05, 0.1) is 0 Å². The van der Waals surface area contributed by atoms with Crippen LogP contribution < -0.4 is 0 Å². The van der Waals surface area contributed by atoms with Crippen LogP contribution in [-0.2, 0) is 0 Å². The molecule has 2 heteroatoms. The van der Waals surface area contributed by atoms with Crippen LogP contribution in [0.25, 0.3) is 0 Å². The Morgan fingerprint density at radius 2 is 2.00 bits per heavy atom. The summed E-state index contributed by atoms with van der Waals surface area (Å²) in [5.74, 6) is 0. The number of rotatable bonds is 1. The second-order valence-corrected chi connectivity index (χ2v) is 23.1. The molecule has 0 aromatic heterocycles. The Balaban J connectivity index is 2.66. The first-order valence-corrected chi connectivity index (χ1v) is 15.5. The summed E-state index contributed by atoms with van der Waals surface area (Å²) in [7, 11) is 0. The summed E-state index contributed by atoms with van der Waals surface area (Å²) < 4.78 is 1.88. The topological polar surface area (TPSA) is 0 Å². The Labute approximate surface area is 67.8 Å². The molecule has 0 aliphatic carbocycles. The van der Waals surface area contributed by atoms with Crippen LogP contribution in [0.3, 0.4) is 0 Å². The molecule has 0 N–H and O–H groups in total. The number of hydrogen-bond donors (Lipinski definition) is 0. The van der Waals surface area contributed by atoms with Crippen molar-refractivity contribution in [2.24, 2.45) is 0 Å². The second kappa shape index (κ2) is 2.82. The fourth-order valence-corrected chi connectivity index (χ4v) is 12.2. The van der Waals surface area contributed by atoms with E-state index in [1.807, 2.05) is 2.42 Å². The summed E-state index contributed by atoms with van der Waals surface area (Å²) in [6.45, 7) is 0. The molecule has 0 atom stereocenters. The molecular weight excluding hydrogens is 275 g/mol. The van der Waals surface area contributed by atoms with E-state index in [1.54, 1.807) is 0 Å². The van der Waals surface area contributed by atoms with Crippen molar-refractivity contribution in [3.63, 3.8) is 0 Å². The van der Waals surface area contributed by atoms with Gasteiger partial charge in [0, 0.05) is 0 Å². The van der Waals surface area contributed by atoms with Crippen LogP contribution in [0, 0.1) is 0 Å². The Hall–Kier alpha value is 0.822. The molecule has 48 valence electrons. The van der Waals surface area contributed by atoms with Crippen molar-refractivity contribution >= 4 is 33.8 Å². The summed E-state index contributed by atoms with van der Waals surface area (Å²) in [5, 5.41) is 0. The van der Waals surface area contributed by atoms with E-state index in [9.17, 15) is 0 Å². The molecule has 9 heavy (non-hydrogen) atoms. The van der Waals surface area contributed by atoms with Gasteiger partial charge in [0.2, 0.25) is 0 Å². The predicted octanol–water partition coefficient (Wildman–Crippen LogP) is 1.98. The minimum absolute atomic E-state index is 0.239. The molecule has 1 heterocycles. The zero-order valence-electron chi connectivity index (χ0n) is 6.23. The van der Waals surface area contributed by atoms with Crippen molar-refractivity contribution in [2.45, 2.75) is 14.8 Å². The van der Waals surface area contributed by atoms with Crippen LogP contribution in [0.1, 0.15) is 0 Å². The van der Waals surface area contributed by atoms with E-state index in [2.05, 4.69) is 31.9 Å². The summed E-state index contributed by atoms with van der Waals surface area (Å²) in [4.78, 5) is 9.88. The Morgan fingerprint density at radius 1 is 1.33 bits per heavy atom. The minimum atomic E-state index is -1.54. The molecule has 0 unspecified atom stereocenters. The summed E-state index contributed by atoms with van der Waals surface area (Å²) >= 11 is -1.30. The van der Waals surface area contributed by atoms with Gasteiger partial charge in [-0.2, -0.15) is 0 Å². The molecule has 0 bridgehead atoms. The molecule has 2 radical (unpaired) electrons. The predicted molar refractivity (Wildman–Crippen MR) is 46.3 cm³/mol. The van der Waals surface area contributed by atoms with Crippen LogP contribution in [0.5, 0.6) is 0 Å². The molecule has 1 aliphatic heterocycles. The van der Waals surface area contributed by atoms with Crippen LogP contribution >= 0.6 is 0 Å². The van der Waals surface area contributed by atoms with Crippen molar-refractivity contribution in [1.29, 1.82) is 0 Å². The summed E-state index contributed by atoms with van der Waals surface area (Å²) in [6, 6.07) is 0. The normalized spacial score (nSPS) is 18.3. The van der Waals surface area contributed by atoms with Gasteiger partial charge in [-0.15, -0.1) is 0 Å². The first-order valence-electron chi connectivity index (χ1n) is 3.24. The van der Waals surface area contributed by atoms with E-state index in [4.69, 9.17) is 0 Å². The molecule has 0 nitrogen and oxygen atoms in total. The monoisotopic (exact) mass is 290 g/mol. The molecule has 0 aromatic carbocycles. The molecule has 1 rings (SSSR count). The molecule has 0 amide bonds. The Morgan fingerprint density at radius 3 is 2.22 bits per heavy atom. The van der Waals surface area contributed by atoms with E-state index in [0.717, 1.165) is 0 Å². The maximum atomic E-state index is 2.50. The van der Waals surface area contributed by atoms with E-state index in [1.165, 1.54) is 0 Å². The van der Waals surface area contributed by atoms with Crippen molar-refractivity contribution in [3.8, 4) is 0 Å². The first-order chi connectivity index (χ1) is 4.11. The van der Waals surface area contributed by atoms with Gasteiger partial charge in [0.15, 0.2) is 0 Å². The first kappa shape index (κ1) is 7.92. The summed E-state index contributed by atoms with van der Waals surface area (Å²) in [6.07, 6.45) is 4.62. The quantitative estimate of drug-likeness (QED) is 0.647.